The molecule has 1 saturated heterocycles. The molecular weight excluding hydrogens is 839 g/mol. The molecule has 0 spiro atoms. The summed E-state index contributed by atoms with van der Waals surface area (Å²) in [6.45, 7) is 6.27. The van der Waals surface area contributed by atoms with Gasteiger partial charge in [-0.05, 0) is 73.7 Å². The molecule has 0 aliphatic carbocycles. The third kappa shape index (κ3) is 11.4. The number of anilines is 2. The van der Waals surface area contributed by atoms with Gasteiger partial charge in [-0.2, -0.15) is 0 Å². The van der Waals surface area contributed by atoms with Gasteiger partial charge in [0.15, 0.2) is 11.5 Å². The Kier molecular flexibility index (Phi) is 15.5. The summed E-state index contributed by atoms with van der Waals surface area (Å²) in [6.07, 6.45) is 2.56. The van der Waals surface area contributed by atoms with Crippen molar-refractivity contribution in [2.75, 3.05) is 82.5 Å². The molecule has 1 fully saturated rings. The first-order chi connectivity index (χ1) is 30.2. The number of ether oxygens (including phenoxy) is 5. The van der Waals surface area contributed by atoms with Crippen LogP contribution < -0.4 is 25.4 Å². The number of hydrogen-bond acceptors (Lipinski definition) is 14. The minimum Gasteiger partial charge on any atom is -0.493 e. The standard InChI is InChI=1S/C44H53N5O13S/c1-5-62-38-24-29(10-12-37(38)58-3)36(26-63(4,56)57)49-43(54)31-22-28(23-34(46-27(2)50)40(31)44(49)55)14-17-60-19-21-61-20-18-59-16-7-15-45-33-9-6-8-30-32(33)25-48(42(30)53)35-11-13-39(51)47-41(35)52/h6,8-10,12,22-24,35-36,45H,5,7,11,13-21,25-26H2,1-4H3,(H,46,50)(H,47,51,52)/t35?,36-/m1/s1. The zero-order valence-electron chi connectivity index (χ0n) is 35.8. The molecule has 6 rings (SSSR count). The van der Waals surface area contributed by atoms with Crippen molar-refractivity contribution in [2.24, 2.45) is 0 Å². The SMILES string of the molecule is CCOc1cc([C@@H](CS(C)(=O)=O)N2C(=O)c3cc(CCOCCOCCOCCCNc4cccc5c4CN(C4CCC(=O)NC4=O)C5=O)cc(NC(C)=O)c3C2=O)ccc1OC. The second kappa shape index (κ2) is 21.0. The molecule has 0 bridgehead atoms. The highest BCUT2D eigenvalue weighted by Gasteiger charge is 2.44. The summed E-state index contributed by atoms with van der Waals surface area (Å²) in [6, 6.07) is 11.5. The number of fused-ring (bicyclic) bond motifs is 2. The lowest BCUT2D eigenvalue weighted by atomic mass is 10.0. The van der Waals surface area contributed by atoms with E-state index in [2.05, 4.69) is 16.0 Å². The van der Waals surface area contributed by atoms with Gasteiger partial charge in [0.25, 0.3) is 17.7 Å². The first-order valence-electron chi connectivity index (χ1n) is 20.7. The van der Waals surface area contributed by atoms with Gasteiger partial charge in [-0.25, -0.2) is 8.42 Å². The van der Waals surface area contributed by atoms with E-state index in [0.717, 1.165) is 22.4 Å². The van der Waals surface area contributed by atoms with E-state index in [4.69, 9.17) is 23.7 Å². The summed E-state index contributed by atoms with van der Waals surface area (Å²) in [5.74, 6) is -2.71. The highest BCUT2D eigenvalue weighted by Crippen LogP contribution is 2.39. The van der Waals surface area contributed by atoms with Crippen LogP contribution in [0.25, 0.3) is 0 Å². The van der Waals surface area contributed by atoms with Gasteiger partial charge in [0.1, 0.15) is 15.9 Å². The molecule has 63 heavy (non-hydrogen) atoms. The van der Waals surface area contributed by atoms with Crippen molar-refractivity contribution in [3.8, 4) is 11.5 Å². The Morgan fingerprint density at radius 2 is 1.60 bits per heavy atom. The number of nitrogens with zero attached hydrogens (tertiary/aromatic N) is 2. The summed E-state index contributed by atoms with van der Waals surface area (Å²) in [5, 5.41) is 8.35. The summed E-state index contributed by atoms with van der Waals surface area (Å²) in [4.78, 5) is 79.8. The number of sulfone groups is 1. The van der Waals surface area contributed by atoms with Crippen molar-refractivity contribution >= 4 is 56.7 Å². The molecule has 3 N–H and O–H groups in total. The number of methoxy groups -OCH3 is 1. The van der Waals surface area contributed by atoms with Crippen LogP contribution in [0.15, 0.2) is 48.5 Å². The maximum atomic E-state index is 14.0. The topological polar surface area (TPSA) is 225 Å². The van der Waals surface area contributed by atoms with E-state index < -0.39 is 51.3 Å². The number of carbonyl (C=O) groups is 6. The average Bonchev–Trinajstić information content (AvgIpc) is 3.70. The second-order valence-electron chi connectivity index (χ2n) is 15.3. The summed E-state index contributed by atoms with van der Waals surface area (Å²) in [7, 11) is -2.25. The maximum Gasteiger partial charge on any atom is 0.264 e. The fourth-order valence-corrected chi connectivity index (χ4v) is 8.73. The lowest BCUT2D eigenvalue weighted by Crippen LogP contribution is -2.52. The number of rotatable bonds is 23. The zero-order valence-corrected chi connectivity index (χ0v) is 36.6. The monoisotopic (exact) mass is 891 g/mol. The molecule has 338 valence electrons. The predicted octanol–water partition coefficient (Wildman–Crippen LogP) is 3.29. The minimum absolute atomic E-state index is 0.0269. The van der Waals surface area contributed by atoms with Crippen LogP contribution in [0.4, 0.5) is 11.4 Å². The van der Waals surface area contributed by atoms with E-state index in [9.17, 15) is 37.2 Å². The zero-order chi connectivity index (χ0) is 45.3. The number of piperidine rings is 1. The van der Waals surface area contributed by atoms with Crippen LogP contribution in [0.1, 0.15) is 86.9 Å². The molecule has 6 amide bonds. The number of benzene rings is 3. The highest BCUT2D eigenvalue weighted by atomic mass is 32.2. The van der Waals surface area contributed by atoms with E-state index >= 15 is 0 Å². The molecule has 2 atom stereocenters. The molecule has 3 aliphatic heterocycles. The smallest absolute Gasteiger partial charge is 0.264 e. The van der Waals surface area contributed by atoms with Gasteiger partial charge in [0.05, 0.1) is 75.4 Å². The molecule has 0 saturated carbocycles. The van der Waals surface area contributed by atoms with Crippen molar-refractivity contribution < 1.29 is 60.9 Å². The molecule has 3 aliphatic rings. The largest absolute Gasteiger partial charge is 0.493 e. The molecule has 19 heteroatoms. The van der Waals surface area contributed by atoms with Gasteiger partial charge in [-0.15, -0.1) is 0 Å². The summed E-state index contributed by atoms with van der Waals surface area (Å²) in [5.41, 5.74) is 3.30. The number of carbonyl (C=O) groups excluding carboxylic acids is 6. The molecule has 18 nitrogen and oxygen atoms in total. The van der Waals surface area contributed by atoms with Crippen molar-refractivity contribution in [3.63, 3.8) is 0 Å². The Morgan fingerprint density at radius 1 is 0.873 bits per heavy atom. The Bertz CT molecular complexity index is 2350. The van der Waals surface area contributed by atoms with E-state index in [-0.39, 0.29) is 54.8 Å². The van der Waals surface area contributed by atoms with Crippen LogP contribution in [0.3, 0.4) is 0 Å². The third-order valence-electron chi connectivity index (χ3n) is 10.7. The maximum absolute atomic E-state index is 14.0. The summed E-state index contributed by atoms with van der Waals surface area (Å²) >= 11 is 0. The Balaban J connectivity index is 0.936. The number of hydrogen-bond donors (Lipinski definition) is 3. The molecule has 3 aromatic carbocycles. The van der Waals surface area contributed by atoms with Crippen LogP contribution in [0.2, 0.25) is 0 Å². The van der Waals surface area contributed by atoms with Crippen LogP contribution in [-0.2, 0) is 51.4 Å². The number of nitrogens with one attached hydrogen (secondary N) is 3. The molecule has 1 unspecified atom stereocenters. The molecule has 3 heterocycles. The fraction of sp³-hybridized carbons (Fsp3) is 0.455. The van der Waals surface area contributed by atoms with Crippen LogP contribution >= 0.6 is 0 Å². The van der Waals surface area contributed by atoms with Gasteiger partial charge >= 0.3 is 0 Å². The highest BCUT2D eigenvalue weighted by molar-refractivity contribution is 7.90. The summed E-state index contributed by atoms with van der Waals surface area (Å²) < 4.78 is 53.5. The van der Waals surface area contributed by atoms with Crippen LogP contribution in [-0.4, -0.2) is 132 Å². The third-order valence-corrected chi connectivity index (χ3v) is 11.6. The number of imide groups is 2. The van der Waals surface area contributed by atoms with Crippen LogP contribution in [0.5, 0.6) is 11.5 Å². The second-order valence-corrected chi connectivity index (χ2v) is 17.5. The molecular formula is C44H53N5O13S. The van der Waals surface area contributed by atoms with Crippen molar-refractivity contribution in [1.82, 2.24) is 15.1 Å². The first-order valence-corrected chi connectivity index (χ1v) is 22.8. The van der Waals surface area contributed by atoms with E-state index in [1.165, 1.54) is 18.9 Å². The van der Waals surface area contributed by atoms with Gasteiger partial charge in [0.2, 0.25) is 17.7 Å². The van der Waals surface area contributed by atoms with Crippen molar-refractivity contribution in [1.29, 1.82) is 0 Å². The normalized spacial score (nSPS) is 16.5. The molecule has 0 radical (unpaired) electrons. The van der Waals surface area contributed by atoms with Gasteiger partial charge in [-0.1, -0.05) is 12.1 Å². The van der Waals surface area contributed by atoms with E-state index in [1.807, 2.05) is 6.07 Å². The Morgan fingerprint density at radius 3 is 2.29 bits per heavy atom. The van der Waals surface area contributed by atoms with E-state index in [0.29, 0.717) is 87.0 Å². The van der Waals surface area contributed by atoms with Crippen molar-refractivity contribution in [3.05, 3.63) is 81.9 Å². The fourth-order valence-electron chi connectivity index (χ4n) is 7.81. The minimum atomic E-state index is -3.72. The lowest BCUT2D eigenvalue weighted by Gasteiger charge is -2.29. The van der Waals surface area contributed by atoms with Gasteiger partial charge < -0.3 is 39.2 Å². The van der Waals surface area contributed by atoms with E-state index in [1.54, 1.807) is 49.4 Å². The van der Waals surface area contributed by atoms with Crippen molar-refractivity contribution in [2.45, 2.75) is 58.2 Å². The predicted molar refractivity (Wildman–Crippen MR) is 230 cm³/mol. The van der Waals surface area contributed by atoms with Gasteiger partial charge in [0, 0.05) is 56.1 Å². The lowest BCUT2D eigenvalue weighted by molar-refractivity contribution is -0.137. The van der Waals surface area contributed by atoms with Crippen LogP contribution in [0, 0.1) is 0 Å². The Labute approximate surface area is 365 Å². The average molecular weight is 892 g/mol. The van der Waals surface area contributed by atoms with Gasteiger partial charge in [-0.3, -0.25) is 39.0 Å². The Hall–Kier alpha value is -5.89. The molecule has 3 aromatic rings. The number of amides is 6. The first kappa shape index (κ1) is 46.6. The molecule has 0 aromatic heterocycles. The quantitative estimate of drug-likeness (QED) is 0.0918.